The van der Waals surface area contributed by atoms with Crippen molar-refractivity contribution in [2.75, 3.05) is 26.2 Å². The number of halogens is 2. The molecular formula is C22H21Cl2N5O3. The summed E-state index contributed by atoms with van der Waals surface area (Å²) in [5, 5.41) is 11.5. The topological polar surface area (TPSA) is 91.4 Å². The molecule has 0 saturated carbocycles. The van der Waals surface area contributed by atoms with Gasteiger partial charge in [0.15, 0.2) is 0 Å². The van der Waals surface area contributed by atoms with Crippen molar-refractivity contribution in [3.05, 3.63) is 57.6 Å². The van der Waals surface area contributed by atoms with E-state index in [1.165, 1.54) is 0 Å². The SMILES string of the molecule is O=C(OCc1cc(Cl)cc(Cl)c1)N1CC[C@@H]2CN(C(=O)c3ccc4[nH]nnc4c3)CC2C1. The second-order valence-corrected chi connectivity index (χ2v) is 9.21. The van der Waals surface area contributed by atoms with E-state index >= 15 is 0 Å². The van der Waals surface area contributed by atoms with E-state index in [0.717, 1.165) is 17.5 Å². The third-order valence-electron chi connectivity index (χ3n) is 6.20. The van der Waals surface area contributed by atoms with Crippen molar-refractivity contribution in [3.8, 4) is 0 Å². The molecule has 2 saturated heterocycles. The predicted octanol–water partition coefficient (Wildman–Crippen LogP) is 4.00. The number of carbonyl (C=O) groups is 2. The highest BCUT2D eigenvalue weighted by molar-refractivity contribution is 6.34. The van der Waals surface area contributed by atoms with Crippen molar-refractivity contribution in [1.29, 1.82) is 0 Å². The van der Waals surface area contributed by atoms with E-state index in [-0.39, 0.29) is 24.5 Å². The summed E-state index contributed by atoms with van der Waals surface area (Å²) in [6, 6.07) is 10.5. The lowest BCUT2D eigenvalue weighted by Gasteiger charge is -2.33. The molecule has 1 aromatic heterocycles. The smallest absolute Gasteiger partial charge is 0.410 e. The number of hydrogen-bond donors (Lipinski definition) is 1. The van der Waals surface area contributed by atoms with Gasteiger partial charge in [0.2, 0.25) is 0 Å². The summed E-state index contributed by atoms with van der Waals surface area (Å²) in [6.45, 7) is 2.62. The molecule has 2 aromatic carbocycles. The average Bonchev–Trinajstić information content (AvgIpc) is 3.42. The average molecular weight is 474 g/mol. The Hall–Kier alpha value is -2.84. The molecule has 0 radical (unpaired) electrons. The Labute approximate surface area is 194 Å². The zero-order valence-electron chi connectivity index (χ0n) is 17.1. The first kappa shape index (κ1) is 21.0. The number of aromatic nitrogens is 3. The normalized spacial score (nSPS) is 20.4. The fraction of sp³-hybridized carbons (Fsp3) is 0.364. The van der Waals surface area contributed by atoms with Crippen LogP contribution in [0.2, 0.25) is 10.0 Å². The number of hydrogen-bond acceptors (Lipinski definition) is 5. The Morgan fingerprint density at radius 3 is 2.59 bits per heavy atom. The molecule has 0 aliphatic carbocycles. The van der Waals surface area contributed by atoms with E-state index in [1.807, 2.05) is 11.0 Å². The van der Waals surface area contributed by atoms with Crippen LogP contribution in [0.3, 0.4) is 0 Å². The molecule has 2 aliphatic rings. The van der Waals surface area contributed by atoms with Gasteiger partial charge in [-0.3, -0.25) is 9.89 Å². The maximum absolute atomic E-state index is 13.0. The Bertz CT molecular complexity index is 1160. The second-order valence-electron chi connectivity index (χ2n) is 8.34. The number of amides is 2. The molecule has 5 rings (SSSR count). The van der Waals surface area contributed by atoms with Gasteiger partial charge in [-0.1, -0.05) is 28.4 Å². The van der Waals surface area contributed by atoms with Gasteiger partial charge in [-0.05, 0) is 60.2 Å². The van der Waals surface area contributed by atoms with E-state index < -0.39 is 0 Å². The van der Waals surface area contributed by atoms with Gasteiger partial charge >= 0.3 is 6.09 Å². The third-order valence-corrected chi connectivity index (χ3v) is 6.64. The first-order valence-electron chi connectivity index (χ1n) is 10.4. The molecule has 32 heavy (non-hydrogen) atoms. The fourth-order valence-electron chi connectivity index (χ4n) is 4.59. The second kappa shape index (κ2) is 8.60. The van der Waals surface area contributed by atoms with Gasteiger partial charge in [-0.25, -0.2) is 4.79 Å². The minimum Gasteiger partial charge on any atom is -0.445 e. The molecule has 10 heteroatoms. The van der Waals surface area contributed by atoms with Crippen molar-refractivity contribution in [3.63, 3.8) is 0 Å². The Kier molecular flexibility index (Phi) is 5.65. The van der Waals surface area contributed by atoms with Gasteiger partial charge in [-0.15, -0.1) is 5.10 Å². The van der Waals surface area contributed by atoms with E-state index in [9.17, 15) is 9.59 Å². The van der Waals surface area contributed by atoms with Crippen LogP contribution in [0, 0.1) is 11.8 Å². The van der Waals surface area contributed by atoms with Crippen molar-refractivity contribution in [2.24, 2.45) is 11.8 Å². The molecule has 3 heterocycles. The molecule has 1 unspecified atom stereocenters. The van der Waals surface area contributed by atoms with E-state index in [2.05, 4.69) is 15.4 Å². The largest absolute Gasteiger partial charge is 0.445 e. The Morgan fingerprint density at radius 2 is 1.78 bits per heavy atom. The first-order chi connectivity index (χ1) is 15.5. The molecule has 3 aromatic rings. The van der Waals surface area contributed by atoms with Crippen LogP contribution in [0.5, 0.6) is 0 Å². The van der Waals surface area contributed by atoms with Crippen LogP contribution in [0.1, 0.15) is 22.3 Å². The van der Waals surface area contributed by atoms with E-state index in [4.69, 9.17) is 27.9 Å². The number of likely N-dealkylation sites (tertiary alicyclic amines) is 2. The molecular weight excluding hydrogens is 453 g/mol. The number of piperidine rings is 1. The van der Waals surface area contributed by atoms with Crippen molar-refractivity contribution in [2.45, 2.75) is 13.0 Å². The third kappa shape index (κ3) is 4.25. The summed E-state index contributed by atoms with van der Waals surface area (Å²) in [5.41, 5.74) is 2.81. The van der Waals surface area contributed by atoms with Gasteiger partial charge < -0.3 is 14.5 Å². The maximum Gasteiger partial charge on any atom is 0.410 e. The first-order valence-corrected chi connectivity index (χ1v) is 11.2. The van der Waals surface area contributed by atoms with Crippen LogP contribution in [-0.2, 0) is 11.3 Å². The van der Waals surface area contributed by atoms with Crippen LogP contribution in [0.15, 0.2) is 36.4 Å². The van der Waals surface area contributed by atoms with Crippen LogP contribution < -0.4 is 0 Å². The molecule has 8 nitrogen and oxygen atoms in total. The highest BCUT2D eigenvalue weighted by Crippen LogP contribution is 2.32. The number of nitrogens with zero attached hydrogens (tertiary/aromatic N) is 4. The molecule has 2 atom stereocenters. The molecule has 0 bridgehead atoms. The van der Waals surface area contributed by atoms with Gasteiger partial charge in [0.25, 0.3) is 5.91 Å². The molecule has 2 amide bonds. The van der Waals surface area contributed by atoms with E-state index in [0.29, 0.717) is 53.2 Å². The lowest BCUT2D eigenvalue weighted by molar-refractivity contribution is 0.0729. The number of carbonyl (C=O) groups excluding carboxylic acids is 2. The maximum atomic E-state index is 13.0. The summed E-state index contributed by atoms with van der Waals surface area (Å²) < 4.78 is 5.48. The van der Waals surface area contributed by atoms with Crippen LogP contribution >= 0.6 is 23.2 Å². The molecule has 1 N–H and O–H groups in total. The standard InChI is InChI=1S/C22H21Cl2N5O3/c23-17-5-13(6-18(24)8-17)12-32-22(31)28-4-3-15-9-29(11-16(15)10-28)21(30)14-1-2-19-20(7-14)26-27-25-19/h1-2,5-8,15-16H,3-4,9-12H2,(H,25,26,27)/t15-,16?/m1/s1. The predicted molar refractivity (Wildman–Crippen MR) is 120 cm³/mol. The number of benzene rings is 2. The minimum atomic E-state index is -0.360. The number of aromatic amines is 1. The van der Waals surface area contributed by atoms with Crippen LogP contribution in [0.4, 0.5) is 4.79 Å². The van der Waals surface area contributed by atoms with Crippen LogP contribution in [0.25, 0.3) is 11.0 Å². The zero-order valence-corrected chi connectivity index (χ0v) is 18.6. The van der Waals surface area contributed by atoms with E-state index in [1.54, 1.807) is 35.2 Å². The summed E-state index contributed by atoms with van der Waals surface area (Å²) in [7, 11) is 0. The highest BCUT2D eigenvalue weighted by Gasteiger charge is 2.40. The number of rotatable bonds is 3. The van der Waals surface area contributed by atoms with Crippen molar-refractivity contribution < 1.29 is 14.3 Å². The molecule has 166 valence electrons. The van der Waals surface area contributed by atoms with Gasteiger partial charge in [0.05, 0.1) is 5.52 Å². The minimum absolute atomic E-state index is 0.0174. The summed E-state index contributed by atoms with van der Waals surface area (Å²) in [4.78, 5) is 29.2. The number of H-pyrrole nitrogens is 1. The van der Waals surface area contributed by atoms with Crippen molar-refractivity contribution >= 4 is 46.2 Å². The number of ether oxygens (including phenoxy) is 1. The number of nitrogens with one attached hydrogen (secondary N) is 1. The lowest BCUT2D eigenvalue weighted by Crippen LogP contribution is -2.43. The van der Waals surface area contributed by atoms with Gasteiger partial charge in [-0.2, -0.15) is 0 Å². The quantitative estimate of drug-likeness (QED) is 0.620. The summed E-state index contributed by atoms with van der Waals surface area (Å²) >= 11 is 12.0. The van der Waals surface area contributed by atoms with Crippen LogP contribution in [-0.4, -0.2) is 63.4 Å². The van der Waals surface area contributed by atoms with Gasteiger partial charge in [0.1, 0.15) is 12.1 Å². The fourth-order valence-corrected chi connectivity index (χ4v) is 5.16. The highest BCUT2D eigenvalue weighted by atomic mass is 35.5. The van der Waals surface area contributed by atoms with Gasteiger partial charge in [0, 0.05) is 41.8 Å². The summed E-state index contributed by atoms with van der Waals surface area (Å²) in [5.74, 6) is 0.596. The Balaban J connectivity index is 1.19. The molecule has 2 aliphatic heterocycles. The lowest BCUT2D eigenvalue weighted by atomic mass is 9.89. The monoisotopic (exact) mass is 473 g/mol. The zero-order chi connectivity index (χ0) is 22.2. The number of fused-ring (bicyclic) bond motifs is 2. The molecule has 2 fully saturated rings. The Morgan fingerprint density at radius 1 is 1.03 bits per heavy atom. The van der Waals surface area contributed by atoms with Crippen molar-refractivity contribution in [1.82, 2.24) is 25.2 Å². The molecule has 0 spiro atoms. The summed E-state index contributed by atoms with van der Waals surface area (Å²) in [6.07, 6.45) is 0.482.